The molecule has 7 nitrogen and oxygen atoms in total. The van der Waals surface area contributed by atoms with Crippen molar-refractivity contribution in [3.05, 3.63) is 74.4 Å². The third-order valence-corrected chi connectivity index (χ3v) is 7.97. The van der Waals surface area contributed by atoms with E-state index in [0.29, 0.717) is 68.8 Å². The molecule has 9 heteroatoms. The highest BCUT2D eigenvalue weighted by Gasteiger charge is 2.27. The Kier molecular flexibility index (Phi) is 6.55. The zero-order valence-corrected chi connectivity index (χ0v) is 21.5. The third kappa shape index (κ3) is 3.96. The van der Waals surface area contributed by atoms with Gasteiger partial charge < -0.3 is 14.2 Å². The normalized spacial score (nSPS) is 13.0. The molecule has 0 saturated carbocycles. The second-order valence-electron chi connectivity index (χ2n) is 8.27. The molecule has 0 unspecified atom stereocenters. The van der Waals surface area contributed by atoms with Gasteiger partial charge in [-0.3, -0.25) is 14.2 Å². The van der Waals surface area contributed by atoms with Crippen molar-refractivity contribution in [2.24, 2.45) is 0 Å². The predicted octanol–water partition coefficient (Wildman–Crippen LogP) is 5.29. The highest BCUT2D eigenvalue weighted by molar-refractivity contribution is 7.20. The van der Waals surface area contributed by atoms with Crippen LogP contribution in [0.25, 0.3) is 26.6 Å². The van der Waals surface area contributed by atoms with Crippen molar-refractivity contribution >= 4 is 44.5 Å². The van der Waals surface area contributed by atoms with Crippen LogP contribution in [0.2, 0.25) is 0 Å². The van der Waals surface area contributed by atoms with Crippen LogP contribution in [0, 0.1) is 0 Å². The Balaban J connectivity index is 1.82. The lowest BCUT2D eigenvalue weighted by molar-refractivity contribution is -0.105. The maximum atomic E-state index is 14.1. The van der Waals surface area contributed by atoms with Crippen LogP contribution in [0.3, 0.4) is 0 Å². The van der Waals surface area contributed by atoms with E-state index in [9.17, 15) is 9.59 Å². The summed E-state index contributed by atoms with van der Waals surface area (Å²) in [4.78, 5) is 31.8. The number of aryl methyl sites for hydroxylation is 1. The predicted molar refractivity (Wildman–Crippen MR) is 142 cm³/mol. The van der Waals surface area contributed by atoms with Crippen LogP contribution in [-0.4, -0.2) is 37.2 Å². The van der Waals surface area contributed by atoms with Gasteiger partial charge in [-0.05, 0) is 36.1 Å². The van der Waals surface area contributed by atoms with Crippen LogP contribution in [0.5, 0.6) is 17.2 Å². The van der Waals surface area contributed by atoms with Gasteiger partial charge >= 0.3 is 0 Å². The number of ether oxygens (including phenoxy) is 3. The van der Waals surface area contributed by atoms with Crippen LogP contribution in [0.4, 0.5) is 0 Å². The van der Waals surface area contributed by atoms with Crippen molar-refractivity contribution in [2.75, 3.05) is 21.3 Å². The number of hydrogen-bond acceptors (Lipinski definition) is 7. The zero-order valence-electron chi connectivity index (χ0n) is 20.0. The van der Waals surface area contributed by atoms with Crippen molar-refractivity contribution in [1.29, 1.82) is 0 Å². The summed E-state index contributed by atoms with van der Waals surface area (Å²) >= 11 is 7.88. The summed E-state index contributed by atoms with van der Waals surface area (Å²) in [6.45, 7) is 0.322. The van der Waals surface area contributed by atoms with Crippen molar-refractivity contribution < 1.29 is 19.0 Å². The van der Waals surface area contributed by atoms with E-state index in [4.69, 9.17) is 30.8 Å². The molecule has 0 fully saturated rings. The molecule has 0 amide bonds. The van der Waals surface area contributed by atoms with Crippen molar-refractivity contribution in [1.82, 2.24) is 9.55 Å². The minimum Gasteiger partial charge on any atom is -0.493 e. The number of aromatic nitrogens is 2. The van der Waals surface area contributed by atoms with Gasteiger partial charge in [0.15, 0.2) is 11.5 Å². The first-order valence-corrected chi connectivity index (χ1v) is 12.4. The second-order valence-corrected chi connectivity index (χ2v) is 9.65. The lowest BCUT2D eigenvalue weighted by atomic mass is 9.97. The number of hydrogen-bond donors (Lipinski definition) is 0. The molecule has 36 heavy (non-hydrogen) atoms. The second kappa shape index (κ2) is 9.79. The van der Waals surface area contributed by atoms with Gasteiger partial charge in [-0.15, -0.1) is 11.3 Å². The summed E-state index contributed by atoms with van der Waals surface area (Å²) < 4.78 is 18.2. The number of allylic oxidation sites excluding steroid dienone is 1. The van der Waals surface area contributed by atoms with E-state index < -0.39 is 0 Å². The Morgan fingerprint density at radius 1 is 1.06 bits per heavy atom. The quantitative estimate of drug-likeness (QED) is 0.307. The van der Waals surface area contributed by atoms with E-state index in [0.717, 1.165) is 22.3 Å². The van der Waals surface area contributed by atoms with E-state index >= 15 is 0 Å². The maximum Gasteiger partial charge on any atom is 0.263 e. The van der Waals surface area contributed by atoms with Crippen molar-refractivity contribution in [3.8, 4) is 28.6 Å². The molecule has 0 radical (unpaired) electrons. The topological polar surface area (TPSA) is 79.7 Å². The molecule has 1 aliphatic rings. The van der Waals surface area contributed by atoms with Gasteiger partial charge in [-0.1, -0.05) is 41.9 Å². The Morgan fingerprint density at radius 3 is 2.36 bits per heavy atom. The molecule has 0 atom stereocenters. The summed E-state index contributed by atoms with van der Waals surface area (Å²) in [6, 6.07) is 13.3. The molecular formula is C27H23ClN2O5S. The molecule has 184 valence electrons. The number of methoxy groups -OCH3 is 3. The number of carbonyl (C=O) groups excluding carboxylic acids is 1. The fourth-order valence-electron chi connectivity index (χ4n) is 4.52. The molecule has 5 rings (SSSR count). The summed E-state index contributed by atoms with van der Waals surface area (Å²) in [7, 11) is 4.62. The van der Waals surface area contributed by atoms with E-state index in [1.54, 1.807) is 30.9 Å². The van der Waals surface area contributed by atoms with Crippen molar-refractivity contribution in [2.45, 2.75) is 19.4 Å². The minimum atomic E-state index is -0.163. The van der Waals surface area contributed by atoms with Gasteiger partial charge in [0, 0.05) is 11.1 Å². The van der Waals surface area contributed by atoms with Gasteiger partial charge in [0.05, 0.1) is 43.2 Å². The number of nitrogens with zero attached hydrogens (tertiary/aromatic N) is 2. The number of carbonyl (C=O) groups is 1. The molecule has 0 aliphatic heterocycles. The van der Waals surface area contributed by atoms with E-state index in [1.807, 2.05) is 30.3 Å². The molecule has 2 aromatic carbocycles. The molecule has 0 saturated heterocycles. The maximum absolute atomic E-state index is 14.1. The van der Waals surface area contributed by atoms with Crippen LogP contribution in [0.1, 0.15) is 22.4 Å². The highest BCUT2D eigenvalue weighted by Crippen LogP contribution is 2.44. The first-order chi connectivity index (χ1) is 17.5. The fraction of sp³-hybridized carbons (Fsp3) is 0.222. The van der Waals surface area contributed by atoms with Crippen LogP contribution < -0.4 is 19.8 Å². The molecule has 0 N–H and O–H groups in total. The van der Waals surface area contributed by atoms with Gasteiger partial charge in [-0.2, -0.15) is 0 Å². The fourth-order valence-corrected chi connectivity index (χ4v) is 6.08. The van der Waals surface area contributed by atoms with Crippen LogP contribution >= 0.6 is 22.9 Å². The summed E-state index contributed by atoms with van der Waals surface area (Å²) in [5, 5.41) is 0.947. The Hall–Kier alpha value is -3.62. The minimum absolute atomic E-state index is 0.163. The Labute approximate surface area is 216 Å². The highest BCUT2D eigenvalue weighted by atomic mass is 35.5. The average molecular weight is 523 g/mol. The average Bonchev–Trinajstić information content (AvgIpc) is 3.29. The van der Waals surface area contributed by atoms with Gasteiger partial charge in [0.25, 0.3) is 5.56 Å². The lowest BCUT2D eigenvalue weighted by Crippen LogP contribution is -2.24. The zero-order chi connectivity index (χ0) is 25.4. The Bertz CT molecular complexity index is 1550. The summed E-state index contributed by atoms with van der Waals surface area (Å²) in [6.07, 6.45) is 1.84. The number of halogens is 1. The SMILES string of the molecule is COc1cc(-c2nc3sc4c(c3c(=O)n2Cc2ccccc2)CCC(C=O)=C4Cl)cc(OC)c1OC. The van der Waals surface area contributed by atoms with Gasteiger partial charge in [0.2, 0.25) is 5.75 Å². The monoisotopic (exact) mass is 522 g/mol. The number of aldehydes is 1. The molecule has 4 aromatic rings. The van der Waals surface area contributed by atoms with Crippen LogP contribution in [-0.2, 0) is 17.8 Å². The van der Waals surface area contributed by atoms with E-state index in [1.165, 1.54) is 18.4 Å². The van der Waals surface area contributed by atoms with Crippen LogP contribution in [0.15, 0.2) is 52.8 Å². The summed E-state index contributed by atoms with van der Waals surface area (Å²) in [5.41, 5.74) is 2.83. The number of benzene rings is 2. The molecular weight excluding hydrogens is 500 g/mol. The first-order valence-electron chi connectivity index (χ1n) is 11.2. The first kappa shape index (κ1) is 24.1. The van der Waals surface area contributed by atoms with E-state index in [-0.39, 0.29) is 5.56 Å². The molecule has 2 heterocycles. The van der Waals surface area contributed by atoms with Gasteiger partial charge in [-0.25, -0.2) is 4.98 Å². The largest absolute Gasteiger partial charge is 0.493 e. The summed E-state index contributed by atoms with van der Waals surface area (Å²) in [5.74, 6) is 1.83. The molecule has 2 aromatic heterocycles. The molecule has 1 aliphatic carbocycles. The molecule has 0 spiro atoms. The Morgan fingerprint density at radius 2 is 1.75 bits per heavy atom. The number of fused-ring (bicyclic) bond motifs is 3. The third-order valence-electron chi connectivity index (χ3n) is 6.28. The van der Waals surface area contributed by atoms with Gasteiger partial charge in [0.1, 0.15) is 16.9 Å². The van der Waals surface area contributed by atoms with Crippen molar-refractivity contribution in [3.63, 3.8) is 0 Å². The molecule has 0 bridgehead atoms. The smallest absolute Gasteiger partial charge is 0.263 e. The number of rotatable bonds is 7. The standard InChI is InChI=1S/C27H23ClN2O5S/c1-33-19-11-17(12-20(34-2)23(19)35-3)25-29-26-21(18-10-9-16(14-31)22(28)24(18)36-26)27(32)30(25)13-15-7-5-4-6-8-15/h4-8,11-12,14H,9-10,13H2,1-3H3. The van der Waals surface area contributed by atoms with E-state index in [2.05, 4.69) is 0 Å². The lowest BCUT2D eigenvalue weighted by Gasteiger charge is -2.17. The number of thiophene rings is 1.